The van der Waals surface area contributed by atoms with Crippen molar-refractivity contribution in [2.45, 2.75) is 91.8 Å². The van der Waals surface area contributed by atoms with E-state index in [9.17, 15) is 28.8 Å². The summed E-state index contributed by atoms with van der Waals surface area (Å²) in [6.07, 6.45) is 6.34. The molecule has 0 unspecified atom stereocenters. The molecule has 0 bridgehead atoms. The first-order valence-electron chi connectivity index (χ1n) is 15.8. The molecular formula is C33H50N6O7. The van der Waals surface area contributed by atoms with E-state index in [1.165, 1.54) is 0 Å². The lowest BCUT2D eigenvalue weighted by Gasteiger charge is -2.25. The molecule has 2 atom stereocenters. The van der Waals surface area contributed by atoms with Gasteiger partial charge < -0.3 is 36.6 Å². The molecule has 46 heavy (non-hydrogen) atoms. The summed E-state index contributed by atoms with van der Waals surface area (Å²) in [7, 11) is 0. The van der Waals surface area contributed by atoms with Gasteiger partial charge in [-0.2, -0.15) is 0 Å². The van der Waals surface area contributed by atoms with Crippen molar-refractivity contribution in [2.24, 2.45) is 17.1 Å². The molecule has 13 nitrogen and oxygen atoms in total. The van der Waals surface area contributed by atoms with E-state index < -0.39 is 35.3 Å². The summed E-state index contributed by atoms with van der Waals surface area (Å²) in [5.74, 6) is -1.81. The predicted molar refractivity (Wildman–Crippen MR) is 174 cm³/mol. The number of carbonyl (C=O) groups excluding carboxylic acids is 6. The van der Waals surface area contributed by atoms with Crippen LogP contribution in [0.1, 0.15) is 78.7 Å². The molecule has 254 valence electrons. The number of nitrogens with two attached hydrogens (primary N) is 1. The van der Waals surface area contributed by atoms with Crippen LogP contribution in [0, 0.1) is 11.3 Å². The van der Waals surface area contributed by atoms with Crippen molar-refractivity contribution < 1.29 is 33.5 Å². The Labute approximate surface area is 271 Å². The van der Waals surface area contributed by atoms with E-state index in [1.807, 2.05) is 6.08 Å². The van der Waals surface area contributed by atoms with E-state index in [0.717, 1.165) is 18.4 Å². The molecule has 0 saturated carbocycles. The molecule has 0 fully saturated rings. The quantitative estimate of drug-likeness (QED) is 0.120. The van der Waals surface area contributed by atoms with Crippen LogP contribution < -0.4 is 27.0 Å². The van der Waals surface area contributed by atoms with Gasteiger partial charge in [-0.15, -0.1) is 0 Å². The number of anilines is 1. The van der Waals surface area contributed by atoms with Crippen LogP contribution in [0.25, 0.3) is 0 Å². The number of amides is 6. The predicted octanol–water partition coefficient (Wildman–Crippen LogP) is 2.75. The molecule has 0 spiro atoms. The standard InChI is InChI=1S/C33H50N6O7/c1-22(2)28(38-26(40)12-7-6-8-19-39-20-10-13-27(39)41)30(43)37-25(11-9-18-35-32(34)45)29(42)36-24-16-14-23(15-17-24)21-46-31(44)33(3,4)5/h10,13-17,22,25,28H,6-9,11-12,18-21H2,1-5H3,(H,36,42)(H,37,43)(H,38,40)(H3,34,35,45)/t25-,28-/m0/s1. The van der Waals surface area contributed by atoms with E-state index in [2.05, 4.69) is 21.3 Å². The van der Waals surface area contributed by atoms with Crippen molar-refractivity contribution in [1.29, 1.82) is 0 Å². The number of nitrogens with zero attached hydrogens (tertiary/aromatic N) is 1. The van der Waals surface area contributed by atoms with Crippen molar-refractivity contribution in [3.63, 3.8) is 0 Å². The normalized spacial score (nSPS) is 14.0. The summed E-state index contributed by atoms with van der Waals surface area (Å²) in [5.41, 5.74) is 5.74. The number of urea groups is 1. The molecule has 1 aliphatic heterocycles. The highest BCUT2D eigenvalue weighted by molar-refractivity contribution is 5.98. The number of rotatable bonds is 18. The second-order valence-corrected chi connectivity index (χ2v) is 12.8. The molecule has 1 aromatic rings. The fraction of sp³-hybridized carbons (Fsp3) is 0.576. The Morgan fingerprint density at radius 2 is 1.65 bits per heavy atom. The minimum absolute atomic E-state index is 0.00783. The topological polar surface area (TPSA) is 189 Å². The first-order valence-corrected chi connectivity index (χ1v) is 15.8. The smallest absolute Gasteiger partial charge is 0.312 e. The molecule has 0 radical (unpaired) electrons. The van der Waals surface area contributed by atoms with Crippen LogP contribution in [0.15, 0.2) is 36.4 Å². The third-order valence-corrected chi connectivity index (χ3v) is 7.30. The molecule has 6 N–H and O–H groups in total. The first-order chi connectivity index (χ1) is 21.7. The number of hydrogen-bond donors (Lipinski definition) is 5. The molecular weight excluding hydrogens is 592 g/mol. The molecule has 0 aromatic heterocycles. The fourth-order valence-electron chi connectivity index (χ4n) is 4.55. The van der Waals surface area contributed by atoms with Crippen molar-refractivity contribution in [1.82, 2.24) is 20.9 Å². The molecule has 2 rings (SSSR count). The highest BCUT2D eigenvalue weighted by atomic mass is 16.5. The molecule has 1 aromatic carbocycles. The van der Waals surface area contributed by atoms with Crippen molar-refractivity contribution >= 4 is 41.3 Å². The van der Waals surface area contributed by atoms with Crippen molar-refractivity contribution in [3.05, 3.63) is 42.0 Å². The van der Waals surface area contributed by atoms with Crippen molar-refractivity contribution in [3.8, 4) is 0 Å². The number of ether oxygens (including phenoxy) is 1. The maximum Gasteiger partial charge on any atom is 0.312 e. The monoisotopic (exact) mass is 642 g/mol. The zero-order valence-corrected chi connectivity index (χ0v) is 27.6. The lowest BCUT2D eigenvalue weighted by atomic mass is 9.97. The summed E-state index contributed by atoms with van der Waals surface area (Å²) >= 11 is 0. The second kappa shape index (κ2) is 18.5. The maximum atomic E-state index is 13.3. The SMILES string of the molecule is CC(C)[C@H](NC(=O)CCCCCN1CC=CC1=O)C(=O)N[C@@H](CCCNC(N)=O)C(=O)Nc1ccc(COC(=O)C(C)(C)C)cc1. The minimum Gasteiger partial charge on any atom is -0.460 e. The van der Waals surface area contributed by atoms with Gasteiger partial charge in [-0.25, -0.2) is 4.79 Å². The second-order valence-electron chi connectivity index (χ2n) is 12.8. The number of hydrogen-bond acceptors (Lipinski definition) is 7. The van der Waals surface area contributed by atoms with Crippen LogP contribution in [-0.2, 0) is 35.3 Å². The third-order valence-electron chi connectivity index (χ3n) is 7.30. The minimum atomic E-state index is -0.962. The summed E-state index contributed by atoms with van der Waals surface area (Å²) in [4.78, 5) is 75.9. The summed E-state index contributed by atoms with van der Waals surface area (Å²) in [6, 6.07) is 4.27. The Balaban J connectivity index is 1.95. The van der Waals surface area contributed by atoms with Gasteiger partial charge in [0.15, 0.2) is 0 Å². The highest BCUT2D eigenvalue weighted by Gasteiger charge is 2.29. The third kappa shape index (κ3) is 13.7. The van der Waals surface area contributed by atoms with Crippen LogP contribution in [0.2, 0.25) is 0 Å². The number of primary amides is 1. The fourth-order valence-corrected chi connectivity index (χ4v) is 4.55. The number of nitrogens with one attached hydrogen (secondary N) is 4. The van der Waals surface area contributed by atoms with E-state index in [0.29, 0.717) is 31.6 Å². The summed E-state index contributed by atoms with van der Waals surface area (Å²) in [6.45, 7) is 10.5. The molecule has 6 amide bonds. The Hall–Kier alpha value is -4.42. The van der Waals surface area contributed by atoms with Crippen LogP contribution in [0.5, 0.6) is 0 Å². The maximum absolute atomic E-state index is 13.3. The molecule has 1 heterocycles. The van der Waals surface area contributed by atoms with Gasteiger partial charge >= 0.3 is 12.0 Å². The Bertz CT molecular complexity index is 1240. The largest absolute Gasteiger partial charge is 0.460 e. The van der Waals surface area contributed by atoms with Crippen LogP contribution in [0.3, 0.4) is 0 Å². The van der Waals surface area contributed by atoms with Gasteiger partial charge in [-0.05, 0) is 70.1 Å². The van der Waals surface area contributed by atoms with E-state index in [1.54, 1.807) is 69.9 Å². The molecule has 0 aliphatic carbocycles. The van der Waals surface area contributed by atoms with Crippen molar-refractivity contribution in [2.75, 3.05) is 25.0 Å². The van der Waals surface area contributed by atoms with Gasteiger partial charge in [0.1, 0.15) is 18.7 Å². The van der Waals surface area contributed by atoms with Gasteiger partial charge in [0, 0.05) is 37.8 Å². The Kier molecular flexibility index (Phi) is 15.2. The van der Waals surface area contributed by atoms with E-state index >= 15 is 0 Å². The summed E-state index contributed by atoms with van der Waals surface area (Å²) < 4.78 is 5.33. The highest BCUT2D eigenvalue weighted by Crippen LogP contribution is 2.18. The molecule has 0 saturated heterocycles. The average Bonchev–Trinajstić information content (AvgIpc) is 3.39. The zero-order chi connectivity index (χ0) is 34.3. The number of carbonyl (C=O) groups is 6. The van der Waals surface area contributed by atoms with Crippen LogP contribution in [0.4, 0.5) is 10.5 Å². The number of esters is 1. The van der Waals surface area contributed by atoms with E-state index in [4.69, 9.17) is 10.5 Å². The van der Waals surface area contributed by atoms with Gasteiger partial charge in [-0.1, -0.05) is 38.5 Å². The Morgan fingerprint density at radius 3 is 2.24 bits per heavy atom. The van der Waals surface area contributed by atoms with Crippen LogP contribution in [-0.4, -0.2) is 72.2 Å². The van der Waals surface area contributed by atoms with Gasteiger partial charge in [-0.3, -0.25) is 24.0 Å². The molecule has 1 aliphatic rings. The van der Waals surface area contributed by atoms with Gasteiger partial charge in [0.2, 0.25) is 23.6 Å². The van der Waals surface area contributed by atoms with Crippen LogP contribution >= 0.6 is 0 Å². The molecule has 13 heteroatoms. The average molecular weight is 643 g/mol. The lowest BCUT2D eigenvalue weighted by Crippen LogP contribution is -2.54. The zero-order valence-electron chi connectivity index (χ0n) is 27.6. The van der Waals surface area contributed by atoms with Gasteiger partial charge in [0.05, 0.1) is 5.41 Å². The number of benzene rings is 1. The number of unbranched alkanes of at least 4 members (excludes halogenated alkanes) is 2. The first kappa shape index (κ1) is 37.8. The van der Waals surface area contributed by atoms with E-state index in [-0.39, 0.29) is 49.7 Å². The van der Waals surface area contributed by atoms with Gasteiger partial charge in [0.25, 0.3) is 0 Å². The Morgan fingerprint density at radius 1 is 0.957 bits per heavy atom. The summed E-state index contributed by atoms with van der Waals surface area (Å²) in [5, 5.41) is 10.8. The lowest BCUT2D eigenvalue weighted by molar-refractivity contribution is -0.154.